The Morgan fingerprint density at radius 2 is 2.14 bits per heavy atom. The van der Waals surface area contributed by atoms with Gasteiger partial charge in [0.15, 0.2) is 0 Å². The zero-order valence-electron chi connectivity index (χ0n) is 16.0. The summed E-state index contributed by atoms with van der Waals surface area (Å²) in [5, 5.41) is 6.30. The van der Waals surface area contributed by atoms with Crippen LogP contribution in [-0.4, -0.2) is 65.4 Å². The van der Waals surface area contributed by atoms with Crippen molar-refractivity contribution in [1.82, 2.24) is 20.1 Å². The summed E-state index contributed by atoms with van der Waals surface area (Å²) in [6.07, 6.45) is 3.58. The number of carbonyl (C=O) groups is 2. The number of nitrogens with zero attached hydrogens (tertiary/aromatic N) is 3. The van der Waals surface area contributed by atoms with Crippen molar-refractivity contribution in [1.29, 1.82) is 0 Å². The highest BCUT2D eigenvalue weighted by Crippen LogP contribution is 2.23. The van der Waals surface area contributed by atoms with Gasteiger partial charge in [0, 0.05) is 62.9 Å². The third-order valence-corrected chi connectivity index (χ3v) is 5.55. The maximum absolute atomic E-state index is 13.2. The molecule has 0 aliphatic carbocycles. The van der Waals surface area contributed by atoms with Gasteiger partial charge in [-0.3, -0.25) is 19.5 Å². The van der Waals surface area contributed by atoms with Gasteiger partial charge in [-0.05, 0) is 36.2 Å². The quantitative estimate of drug-likeness (QED) is 0.836. The van der Waals surface area contributed by atoms with Crippen LogP contribution >= 0.6 is 0 Å². The van der Waals surface area contributed by atoms with E-state index in [2.05, 4.69) is 20.5 Å². The van der Waals surface area contributed by atoms with Crippen LogP contribution in [0.5, 0.6) is 0 Å². The summed E-state index contributed by atoms with van der Waals surface area (Å²) in [5.41, 5.74) is 3.62. The predicted octanol–water partition coefficient (Wildman–Crippen LogP) is 1.26. The molecule has 0 radical (unpaired) electrons. The summed E-state index contributed by atoms with van der Waals surface area (Å²) in [6, 6.07) is 9.42. The smallest absolute Gasteiger partial charge is 0.254 e. The fraction of sp³-hybridized carbons (Fsp3) is 0.381. The van der Waals surface area contributed by atoms with Gasteiger partial charge in [-0.1, -0.05) is 12.1 Å². The Balaban J connectivity index is 1.48. The van der Waals surface area contributed by atoms with Crippen molar-refractivity contribution in [3.8, 4) is 0 Å². The van der Waals surface area contributed by atoms with Crippen molar-refractivity contribution in [3.63, 3.8) is 0 Å². The number of amides is 2. The van der Waals surface area contributed by atoms with Crippen molar-refractivity contribution in [3.05, 3.63) is 59.4 Å². The van der Waals surface area contributed by atoms with E-state index >= 15 is 0 Å². The number of fused-ring (bicyclic) bond motifs is 1. The molecule has 2 aliphatic heterocycles. The second-order valence-electron chi connectivity index (χ2n) is 7.29. The van der Waals surface area contributed by atoms with Crippen molar-refractivity contribution >= 4 is 17.5 Å². The van der Waals surface area contributed by atoms with Gasteiger partial charge in [0.05, 0.1) is 0 Å². The first kappa shape index (κ1) is 18.4. The van der Waals surface area contributed by atoms with Gasteiger partial charge >= 0.3 is 0 Å². The zero-order chi connectivity index (χ0) is 19.5. The highest BCUT2D eigenvalue weighted by Gasteiger charge is 2.36. The molecule has 2 aromatic rings. The molecule has 0 bridgehead atoms. The van der Waals surface area contributed by atoms with Crippen molar-refractivity contribution in [2.45, 2.75) is 19.5 Å². The maximum Gasteiger partial charge on any atom is 0.254 e. The van der Waals surface area contributed by atoms with Gasteiger partial charge < -0.3 is 15.5 Å². The number of carbonyl (C=O) groups excluding carboxylic acids is 2. The van der Waals surface area contributed by atoms with Crippen LogP contribution in [0.25, 0.3) is 0 Å². The zero-order valence-corrected chi connectivity index (χ0v) is 16.0. The topological polar surface area (TPSA) is 77.6 Å². The van der Waals surface area contributed by atoms with E-state index in [1.807, 2.05) is 43.5 Å². The number of nitrogens with one attached hydrogen (secondary N) is 2. The van der Waals surface area contributed by atoms with Gasteiger partial charge in [0.25, 0.3) is 5.91 Å². The van der Waals surface area contributed by atoms with Crippen LogP contribution in [0.4, 0.5) is 5.69 Å². The molecule has 2 aliphatic rings. The molecule has 7 nitrogen and oxygen atoms in total. The summed E-state index contributed by atoms with van der Waals surface area (Å²) < 4.78 is 0. The Labute approximate surface area is 164 Å². The largest absolute Gasteiger partial charge is 0.381 e. The molecule has 2 N–H and O–H groups in total. The van der Waals surface area contributed by atoms with Crippen LogP contribution in [0.3, 0.4) is 0 Å². The number of rotatable bonds is 4. The monoisotopic (exact) mass is 379 g/mol. The summed E-state index contributed by atoms with van der Waals surface area (Å²) in [7, 11) is 0. The number of pyridine rings is 1. The Morgan fingerprint density at radius 1 is 1.25 bits per heavy atom. The minimum atomic E-state index is -0.237. The van der Waals surface area contributed by atoms with Crippen molar-refractivity contribution < 1.29 is 9.59 Å². The van der Waals surface area contributed by atoms with Crippen LogP contribution in [0, 0.1) is 6.92 Å². The van der Waals surface area contributed by atoms with Crippen LogP contribution in [-0.2, 0) is 11.3 Å². The molecule has 7 heteroatoms. The number of piperazine rings is 2. The van der Waals surface area contributed by atoms with E-state index in [1.165, 1.54) is 0 Å². The van der Waals surface area contributed by atoms with E-state index in [1.54, 1.807) is 11.1 Å². The maximum atomic E-state index is 13.2. The summed E-state index contributed by atoms with van der Waals surface area (Å²) in [5.74, 6) is 0.00733. The predicted molar refractivity (Wildman–Crippen MR) is 107 cm³/mol. The fourth-order valence-corrected chi connectivity index (χ4v) is 3.89. The molecule has 4 rings (SSSR count). The first-order chi connectivity index (χ1) is 13.6. The highest BCUT2D eigenvalue weighted by molar-refractivity contribution is 5.97. The van der Waals surface area contributed by atoms with E-state index < -0.39 is 0 Å². The highest BCUT2D eigenvalue weighted by atomic mass is 16.2. The summed E-state index contributed by atoms with van der Waals surface area (Å²) in [4.78, 5) is 33.4. The molecular weight excluding hydrogens is 354 g/mol. The van der Waals surface area contributed by atoms with Gasteiger partial charge in [-0.25, -0.2) is 0 Å². The Morgan fingerprint density at radius 3 is 2.96 bits per heavy atom. The lowest BCUT2D eigenvalue weighted by Gasteiger charge is -2.43. The molecule has 1 aromatic carbocycles. The van der Waals surface area contributed by atoms with Gasteiger partial charge in [0.2, 0.25) is 5.91 Å². The number of aromatic nitrogens is 1. The molecule has 2 fully saturated rings. The molecule has 2 saturated heterocycles. The Bertz CT molecular complexity index is 870. The molecule has 0 saturated carbocycles. The molecule has 2 amide bonds. The minimum absolute atomic E-state index is 0.0134. The second-order valence-corrected chi connectivity index (χ2v) is 7.29. The van der Waals surface area contributed by atoms with Gasteiger partial charge in [0.1, 0.15) is 6.04 Å². The van der Waals surface area contributed by atoms with E-state index in [9.17, 15) is 9.59 Å². The van der Waals surface area contributed by atoms with Gasteiger partial charge in [-0.2, -0.15) is 0 Å². The molecule has 3 heterocycles. The molecular formula is C21H25N5O2. The average Bonchev–Trinajstić information content (AvgIpc) is 2.73. The molecule has 1 atom stereocenters. The number of anilines is 1. The van der Waals surface area contributed by atoms with Crippen molar-refractivity contribution in [2.75, 3.05) is 38.0 Å². The molecule has 28 heavy (non-hydrogen) atoms. The van der Waals surface area contributed by atoms with E-state index in [0.29, 0.717) is 31.7 Å². The third kappa shape index (κ3) is 3.71. The summed E-state index contributed by atoms with van der Waals surface area (Å²) >= 11 is 0. The normalized spacial score (nSPS) is 19.7. The second kappa shape index (κ2) is 7.98. The molecule has 1 aromatic heterocycles. The molecule has 0 unspecified atom stereocenters. The van der Waals surface area contributed by atoms with E-state index in [-0.39, 0.29) is 17.9 Å². The number of benzene rings is 1. The van der Waals surface area contributed by atoms with Crippen LogP contribution in [0.1, 0.15) is 21.5 Å². The summed E-state index contributed by atoms with van der Waals surface area (Å²) in [6.45, 7) is 5.97. The van der Waals surface area contributed by atoms with Crippen molar-refractivity contribution in [2.24, 2.45) is 0 Å². The number of hydrogen-bond acceptors (Lipinski definition) is 5. The average molecular weight is 379 g/mol. The Kier molecular flexibility index (Phi) is 5.25. The van der Waals surface area contributed by atoms with Crippen LogP contribution in [0.15, 0.2) is 42.7 Å². The van der Waals surface area contributed by atoms with E-state index in [4.69, 9.17) is 0 Å². The minimum Gasteiger partial charge on any atom is -0.381 e. The Hall–Kier alpha value is -2.93. The standard InChI is InChI=1S/C21H25N5O2/c1-15-17(5-2-6-18(15)24-13-16-4-3-7-22-12-16)21(28)26-11-10-25-9-8-23-20(27)19(25)14-26/h2-7,12,19,24H,8-11,13-14H2,1H3,(H,23,27)/t19-/m1/s1. The number of hydrogen-bond donors (Lipinski definition) is 2. The first-order valence-electron chi connectivity index (χ1n) is 9.67. The van der Waals surface area contributed by atoms with E-state index in [0.717, 1.165) is 29.9 Å². The lowest BCUT2D eigenvalue weighted by molar-refractivity contribution is -0.131. The van der Waals surface area contributed by atoms with Crippen LogP contribution < -0.4 is 10.6 Å². The van der Waals surface area contributed by atoms with Gasteiger partial charge in [-0.15, -0.1) is 0 Å². The van der Waals surface area contributed by atoms with Crippen LogP contribution in [0.2, 0.25) is 0 Å². The fourth-order valence-electron chi connectivity index (χ4n) is 3.89. The molecule has 146 valence electrons. The molecule has 0 spiro atoms. The SMILES string of the molecule is Cc1c(NCc2cccnc2)cccc1C(=O)N1CCN2CCNC(=O)[C@H]2C1. The third-order valence-electron chi connectivity index (χ3n) is 5.55. The first-order valence-corrected chi connectivity index (χ1v) is 9.67. The lowest BCUT2D eigenvalue weighted by Crippen LogP contribution is -2.64. The lowest BCUT2D eigenvalue weighted by atomic mass is 10.0.